The SMILES string of the molecule is COc1cc(OC)c2sc(-c3ccc(N/C=C\C(=O)c4ccc(OC)c(F)c4)cc3)nc2c1. The molecule has 0 fully saturated rings. The van der Waals surface area contributed by atoms with E-state index in [1.165, 1.54) is 42.9 Å². The molecular formula is C25H21FN2O4S. The number of nitrogens with zero attached hydrogens (tertiary/aromatic N) is 1. The van der Waals surface area contributed by atoms with Gasteiger partial charge in [-0.2, -0.15) is 0 Å². The van der Waals surface area contributed by atoms with Gasteiger partial charge in [0.05, 0.1) is 31.5 Å². The molecule has 0 saturated carbocycles. The maximum Gasteiger partial charge on any atom is 0.187 e. The van der Waals surface area contributed by atoms with Crippen molar-refractivity contribution in [3.05, 3.63) is 78.3 Å². The second kappa shape index (κ2) is 9.70. The third kappa shape index (κ3) is 4.80. The van der Waals surface area contributed by atoms with Crippen LogP contribution in [0.5, 0.6) is 17.2 Å². The Kier molecular flexibility index (Phi) is 6.55. The van der Waals surface area contributed by atoms with E-state index in [1.807, 2.05) is 36.4 Å². The smallest absolute Gasteiger partial charge is 0.187 e. The molecule has 0 atom stereocenters. The van der Waals surface area contributed by atoms with Crippen molar-refractivity contribution in [3.63, 3.8) is 0 Å². The van der Waals surface area contributed by atoms with E-state index in [0.717, 1.165) is 38.3 Å². The molecule has 0 aliphatic heterocycles. The summed E-state index contributed by atoms with van der Waals surface area (Å²) >= 11 is 1.54. The van der Waals surface area contributed by atoms with Crippen LogP contribution in [0.25, 0.3) is 20.8 Å². The number of carbonyl (C=O) groups is 1. The van der Waals surface area contributed by atoms with Gasteiger partial charge in [0.2, 0.25) is 0 Å². The van der Waals surface area contributed by atoms with E-state index in [9.17, 15) is 9.18 Å². The monoisotopic (exact) mass is 464 g/mol. The van der Waals surface area contributed by atoms with Gasteiger partial charge in [-0.1, -0.05) is 0 Å². The van der Waals surface area contributed by atoms with Gasteiger partial charge in [0.1, 0.15) is 16.5 Å². The van der Waals surface area contributed by atoms with Crippen molar-refractivity contribution < 1.29 is 23.4 Å². The van der Waals surface area contributed by atoms with Crippen LogP contribution >= 0.6 is 11.3 Å². The molecule has 1 N–H and O–H groups in total. The first-order valence-corrected chi connectivity index (χ1v) is 10.8. The zero-order chi connectivity index (χ0) is 23.4. The summed E-state index contributed by atoms with van der Waals surface area (Å²) in [5, 5.41) is 3.90. The highest BCUT2D eigenvalue weighted by molar-refractivity contribution is 7.22. The lowest BCUT2D eigenvalue weighted by molar-refractivity contribution is 0.104. The maximum atomic E-state index is 13.8. The number of aromatic nitrogens is 1. The molecule has 0 bridgehead atoms. The molecule has 6 nitrogen and oxygen atoms in total. The number of carbonyl (C=O) groups excluding carboxylic acids is 1. The van der Waals surface area contributed by atoms with E-state index in [-0.39, 0.29) is 17.1 Å². The number of methoxy groups -OCH3 is 3. The number of fused-ring (bicyclic) bond motifs is 1. The summed E-state index contributed by atoms with van der Waals surface area (Å²) < 4.78 is 30.4. The fourth-order valence-corrected chi connectivity index (χ4v) is 4.25. The van der Waals surface area contributed by atoms with Crippen molar-refractivity contribution in [1.82, 2.24) is 4.98 Å². The Morgan fingerprint density at radius 3 is 2.39 bits per heavy atom. The zero-order valence-corrected chi connectivity index (χ0v) is 19.0. The van der Waals surface area contributed by atoms with E-state index < -0.39 is 5.82 Å². The molecule has 0 unspecified atom stereocenters. The first-order valence-electron chi connectivity index (χ1n) is 9.96. The minimum atomic E-state index is -0.578. The number of ether oxygens (including phenoxy) is 3. The molecule has 1 heterocycles. The predicted octanol–water partition coefficient (Wildman–Crippen LogP) is 5.94. The molecule has 4 rings (SSSR count). The van der Waals surface area contributed by atoms with Crippen LogP contribution in [0.2, 0.25) is 0 Å². The standard InChI is InChI=1S/C25H21FN2O4S/c1-30-18-13-20-24(23(14-18)32-3)33-25(28-20)15-4-7-17(8-5-15)27-11-10-21(29)16-6-9-22(31-2)19(26)12-16/h4-14,27H,1-3H3/b11-10-. The van der Waals surface area contributed by atoms with Crippen molar-refractivity contribution >= 4 is 33.0 Å². The largest absolute Gasteiger partial charge is 0.497 e. The maximum absolute atomic E-state index is 13.8. The number of rotatable bonds is 8. The van der Waals surface area contributed by atoms with Crippen LogP contribution in [0, 0.1) is 5.82 Å². The Bertz CT molecular complexity index is 1330. The number of anilines is 1. The summed E-state index contributed by atoms with van der Waals surface area (Å²) in [6.07, 6.45) is 2.87. The van der Waals surface area contributed by atoms with Gasteiger partial charge in [0.15, 0.2) is 17.3 Å². The molecule has 0 saturated heterocycles. The lowest BCUT2D eigenvalue weighted by Crippen LogP contribution is -1.98. The number of thiazole rings is 1. The van der Waals surface area contributed by atoms with Gasteiger partial charge in [-0.05, 0) is 42.5 Å². The van der Waals surface area contributed by atoms with Crippen molar-refractivity contribution in [2.75, 3.05) is 26.6 Å². The molecule has 0 aliphatic carbocycles. The highest BCUT2D eigenvalue weighted by Gasteiger charge is 2.13. The highest BCUT2D eigenvalue weighted by Crippen LogP contribution is 2.38. The second-order valence-electron chi connectivity index (χ2n) is 6.97. The second-order valence-corrected chi connectivity index (χ2v) is 7.96. The van der Waals surface area contributed by atoms with E-state index in [4.69, 9.17) is 19.2 Å². The van der Waals surface area contributed by atoms with Crippen molar-refractivity contribution in [2.45, 2.75) is 0 Å². The summed E-state index contributed by atoms with van der Waals surface area (Å²) in [5.74, 6) is 0.609. The summed E-state index contributed by atoms with van der Waals surface area (Å²) in [7, 11) is 4.61. The Morgan fingerprint density at radius 2 is 1.73 bits per heavy atom. The van der Waals surface area contributed by atoms with Crippen LogP contribution < -0.4 is 19.5 Å². The van der Waals surface area contributed by atoms with Crippen LogP contribution in [0.15, 0.2) is 66.9 Å². The molecular weight excluding hydrogens is 443 g/mol. The molecule has 168 valence electrons. The van der Waals surface area contributed by atoms with E-state index >= 15 is 0 Å². The predicted molar refractivity (Wildman–Crippen MR) is 128 cm³/mol. The molecule has 33 heavy (non-hydrogen) atoms. The first kappa shape index (κ1) is 22.3. The van der Waals surface area contributed by atoms with E-state index in [1.54, 1.807) is 14.2 Å². The third-order valence-electron chi connectivity index (χ3n) is 4.94. The minimum Gasteiger partial charge on any atom is -0.497 e. The topological polar surface area (TPSA) is 69.7 Å². The summed E-state index contributed by atoms with van der Waals surface area (Å²) in [6, 6.07) is 15.5. The molecule has 1 aromatic heterocycles. The van der Waals surface area contributed by atoms with Gasteiger partial charge < -0.3 is 19.5 Å². The number of ketones is 1. The Morgan fingerprint density at radius 1 is 0.970 bits per heavy atom. The molecule has 0 aliphatic rings. The number of hydrogen-bond acceptors (Lipinski definition) is 7. The third-order valence-corrected chi connectivity index (χ3v) is 6.07. The molecule has 8 heteroatoms. The van der Waals surface area contributed by atoms with Crippen LogP contribution in [0.3, 0.4) is 0 Å². The van der Waals surface area contributed by atoms with Gasteiger partial charge in [-0.25, -0.2) is 9.37 Å². The highest BCUT2D eigenvalue weighted by atomic mass is 32.1. The van der Waals surface area contributed by atoms with Crippen molar-refractivity contribution in [1.29, 1.82) is 0 Å². The normalized spacial score (nSPS) is 11.0. The van der Waals surface area contributed by atoms with Crippen LogP contribution in [0.1, 0.15) is 10.4 Å². The Balaban J connectivity index is 1.46. The molecule has 0 amide bonds. The molecule has 3 aromatic carbocycles. The van der Waals surface area contributed by atoms with Gasteiger partial charge >= 0.3 is 0 Å². The zero-order valence-electron chi connectivity index (χ0n) is 18.2. The Labute approximate surface area is 194 Å². The van der Waals surface area contributed by atoms with Crippen molar-refractivity contribution in [3.8, 4) is 27.8 Å². The van der Waals surface area contributed by atoms with Gasteiger partial charge in [-0.15, -0.1) is 11.3 Å². The number of hydrogen-bond donors (Lipinski definition) is 1. The lowest BCUT2D eigenvalue weighted by atomic mass is 10.1. The summed E-state index contributed by atoms with van der Waals surface area (Å²) in [5.41, 5.74) is 2.80. The van der Waals surface area contributed by atoms with E-state index in [0.29, 0.717) is 5.75 Å². The number of allylic oxidation sites excluding steroid dienone is 1. The summed E-state index contributed by atoms with van der Waals surface area (Å²) in [6.45, 7) is 0. The number of halogens is 1. The lowest BCUT2D eigenvalue weighted by Gasteiger charge is -2.04. The van der Waals surface area contributed by atoms with Gasteiger partial charge in [0.25, 0.3) is 0 Å². The van der Waals surface area contributed by atoms with Crippen LogP contribution in [-0.2, 0) is 0 Å². The van der Waals surface area contributed by atoms with Gasteiger partial charge in [0, 0.05) is 41.2 Å². The fraction of sp³-hybridized carbons (Fsp3) is 0.120. The summed E-state index contributed by atoms with van der Waals surface area (Å²) in [4.78, 5) is 17.0. The quantitative estimate of drug-likeness (QED) is 0.257. The Hall–Kier alpha value is -3.91. The average Bonchev–Trinajstić information content (AvgIpc) is 3.28. The minimum absolute atomic E-state index is 0.0967. The molecule has 4 aromatic rings. The van der Waals surface area contributed by atoms with Crippen molar-refractivity contribution in [2.24, 2.45) is 0 Å². The number of benzene rings is 3. The number of nitrogens with one attached hydrogen (secondary N) is 1. The average molecular weight is 465 g/mol. The fourth-order valence-electron chi connectivity index (χ4n) is 3.21. The molecule has 0 spiro atoms. The van der Waals surface area contributed by atoms with Crippen LogP contribution in [0.4, 0.5) is 10.1 Å². The van der Waals surface area contributed by atoms with E-state index in [2.05, 4.69) is 5.32 Å². The van der Waals surface area contributed by atoms with Gasteiger partial charge in [-0.3, -0.25) is 4.79 Å². The molecule has 0 radical (unpaired) electrons. The van der Waals surface area contributed by atoms with Crippen LogP contribution in [-0.4, -0.2) is 32.1 Å². The first-order chi connectivity index (χ1) is 16.0.